The van der Waals surface area contributed by atoms with Crippen LogP contribution in [0.1, 0.15) is 46.0 Å². The molecule has 3 amide bonds. The Bertz CT molecular complexity index is 791. The van der Waals surface area contributed by atoms with Gasteiger partial charge in [0.05, 0.1) is 12.5 Å². The summed E-state index contributed by atoms with van der Waals surface area (Å²) in [5.41, 5.74) is 16.3. The lowest BCUT2D eigenvalue weighted by Crippen LogP contribution is -2.57. The highest BCUT2D eigenvalue weighted by Crippen LogP contribution is 2.09. The summed E-state index contributed by atoms with van der Waals surface area (Å²) < 4.78 is 0. The summed E-state index contributed by atoms with van der Waals surface area (Å²) in [5.74, 6) is -4.63. The van der Waals surface area contributed by atoms with Crippen molar-refractivity contribution in [2.75, 3.05) is 18.6 Å². The number of aliphatic carboxylic acids is 2. The van der Waals surface area contributed by atoms with Crippen molar-refractivity contribution in [2.24, 2.45) is 28.1 Å². The van der Waals surface area contributed by atoms with E-state index in [2.05, 4.69) is 20.9 Å². The average Bonchev–Trinajstić information content (AvgIpc) is 2.77. The Balaban J connectivity index is 5.39. The zero-order valence-electron chi connectivity index (χ0n) is 20.9. The average molecular weight is 534 g/mol. The van der Waals surface area contributed by atoms with E-state index < -0.39 is 60.2 Å². The van der Waals surface area contributed by atoms with E-state index in [1.54, 1.807) is 20.1 Å². The van der Waals surface area contributed by atoms with Gasteiger partial charge in [-0.3, -0.25) is 24.2 Å². The second-order valence-corrected chi connectivity index (χ2v) is 9.57. The van der Waals surface area contributed by atoms with Gasteiger partial charge in [-0.05, 0) is 43.6 Å². The number of aliphatic imine (C=N–C) groups is 1. The second-order valence-electron chi connectivity index (χ2n) is 8.59. The highest BCUT2D eigenvalue weighted by atomic mass is 32.2. The standard InChI is InChI=1S/C21H39N7O7S/c1-11(2)9-14(18(32)26-13(20(34)35)6-8-36-3)28-19(33)15(10-16(29)30)27-17(31)12(22)5-4-7-25-21(23)24/h11-15H,4-10,22H2,1-3H3,(H,26,32)(H,27,31)(H,28,33)(H,29,30)(H,34,35)(H4,23,24,25). The van der Waals surface area contributed by atoms with Crippen molar-refractivity contribution in [1.82, 2.24) is 16.0 Å². The molecule has 36 heavy (non-hydrogen) atoms. The number of hydrogen-bond donors (Lipinski definition) is 8. The number of carbonyl (C=O) groups excluding carboxylic acids is 3. The lowest BCUT2D eigenvalue weighted by molar-refractivity contribution is -0.143. The van der Waals surface area contributed by atoms with E-state index in [0.29, 0.717) is 12.2 Å². The van der Waals surface area contributed by atoms with Gasteiger partial charge in [-0.25, -0.2) is 4.79 Å². The normalized spacial score (nSPS) is 14.1. The summed E-state index contributed by atoms with van der Waals surface area (Å²) in [7, 11) is 0. The molecule has 14 nitrogen and oxygen atoms in total. The highest BCUT2D eigenvalue weighted by molar-refractivity contribution is 7.98. The van der Waals surface area contributed by atoms with Gasteiger partial charge in [0.1, 0.15) is 18.1 Å². The Morgan fingerprint density at radius 3 is 1.94 bits per heavy atom. The number of nitrogens with zero attached hydrogens (tertiary/aromatic N) is 1. The van der Waals surface area contributed by atoms with Crippen LogP contribution in [0.15, 0.2) is 4.99 Å². The van der Waals surface area contributed by atoms with Gasteiger partial charge >= 0.3 is 11.9 Å². The van der Waals surface area contributed by atoms with Gasteiger partial charge in [-0.1, -0.05) is 13.8 Å². The molecule has 0 radical (unpaired) electrons. The molecule has 0 aliphatic carbocycles. The monoisotopic (exact) mass is 533 g/mol. The maximum atomic E-state index is 12.9. The molecule has 206 valence electrons. The molecule has 0 aliphatic heterocycles. The van der Waals surface area contributed by atoms with Crippen LogP contribution in [0.4, 0.5) is 0 Å². The van der Waals surface area contributed by atoms with Crippen LogP contribution in [0.3, 0.4) is 0 Å². The smallest absolute Gasteiger partial charge is 0.326 e. The number of carboxylic acid groups (broad SMARTS) is 2. The van der Waals surface area contributed by atoms with Crippen molar-refractivity contribution in [3.63, 3.8) is 0 Å². The second kappa shape index (κ2) is 17.4. The minimum absolute atomic E-state index is 0.0679. The van der Waals surface area contributed by atoms with E-state index in [1.165, 1.54) is 11.8 Å². The molecule has 15 heteroatoms. The Morgan fingerprint density at radius 2 is 1.44 bits per heavy atom. The number of nitrogens with one attached hydrogen (secondary N) is 3. The van der Waals surface area contributed by atoms with Crippen molar-refractivity contribution in [3.8, 4) is 0 Å². The van der Waals surface area contributed by atoms with Gasteiger partial charge in [0.25, 0.3) is 0 Å². The lowest BCUT2D eigenvalue weighted by atomic mass is 10.0. The summed E-state index contributed by atoms with van der Waals surface area (Å²) in [6, 6.07) is -4.85. The largest absolute Gasteiger partial charge is 0.481 e. The predicted octanol–water partition coefficient (Wildman–Crippen LogP) is -1.82. The number of nitrogens with two attached hydrogens (primary N) is 3. The molecule has 0 saturated carbocycles. The lowest BCUT2D eigenvalue weighted by Gasteiger charge is -2.25. The molecule has 0 fully saturated rings. The van der Waals surface area contributed by atoms with E-state index >= 15 is 0 Å². The van der Waals surface area contributed by atoms with E-state index in [4.69, 9.17) is 17.2 Å². The van der Waals surface area contributed by atoms with Gasteiger partial charge < -0.3 is 43.4 Å². The molecule has 0 rings (SSSR count). The topological polar surface area (TPSA) is 252 Å². The molecule has 0 aliphatic rings. The van der Waals surface area contributed by atoms with Crippen LogP contribution in [0.2, 0.25) is 0 Å². The maximum absolute atomic E-state index is 12.9. The zero-order chi connectivity index (χ0) is 27.8. The third kappa shape index (κ3) is 14.4. The zero-order valence-corrected chi connectivity index (χ0v) is 21.7. The van der Waals surface area contributed by atoms with Crippen LogP contribution >= 0.6 is 11.8 Å². The number of rotatable bonds is 18. The van der Waals surface area contributed by atoms with Crippen molar-refractivity contribution in [2.45, 2.75) is 70.1 Å². The van der Waals surface area contributed by atoms with Gasteiger partial charge in [0, 0.05) is 6.54 Å². The Hall–Kier alpha value is -3.07. The van der Waals surface area contributed by atoms with Crippen LogP contribution in [-0.4, -0.2) is 88.6 Å². The predicted molar refractivity (Wildman–Crippen MR) is 136 cm³/mol. The molecule has 0 spiro atoms. The molecular weight excluding hydrogens is 494 g/mol. The van der Waals surface area contributed by atoms with Crippen LogP contribution in [-0.2, 0) is 24.0 Å². The first-order valence-corrected chi connectivity index (χ1v) is 12.8. The quantitative estimate of drug-likeness (QED) is 0.0553. The molecule has 0 aromatic heterocycles. The fourth-order valence-electron chi connectivity index (χ4n) is 3.05. The molecule has 11 N–H and O–H groups in total. The first-order chi connectivity index (χ1) is 16.8. The van der Waals surface area contributed by atoms with Gasteiger partial charge in [-0.15, -0.1) is 0 Å². The maximum Gasteiger partial charge on any atom is 0.326 e. The Kier molecular flexibility index (Phi) is 15.9. The number of thioether (sulfide) groups is 1. The number of carboxylic acids is 2. The number of amides is 3. The van der Waals surface area contributed by atoms with Crippen molar-refractivity contribution >= 4 is 47.4 Å². The third-order valence-corrected chi connectivity index (χ3v) is 5.53. The van der Waals surface area contributed by atoms with Crippen molar-refractivity contribution in [3.05, 3.63) is 0 Å². The molecule has 0 saturated heterocycles. The minimum Gasteiger partial charge on any atom is -0.481 e. The molecule has 4 atom stereocenters. The van der Waals surface area contributed by atoms with Crippen LogP contribution in [0, 0.1) is 5.92 Å². The van der Waals surface area contributed by atoms with Gasteiger partial charge in [0.2, 0.25) is 17.7 Å². The van der Waals surface area contributed by atoms with Crippen LogP contribution in [0.25, 0.3) is 0 Å². The van der Waals surface area contributed by atoms with E-state index in [-0.39, 0.29) is 37.7 Å². The summed E-state index contributed by atoms with van der Waals surface area (Å²) in [6.45, 7) is 3.84. The molecule has 0 bridgehead atoms. The summed E-state index contributed by atoms with van der Waals surface area (Å²) >= 11 is 1.42. The summed E-state index contributed by atoms with van der Waals surface area (Å²) in [4.78, 5) is 64.7. The SMILES string of the molecule is CSCCC(NC(=O)C(CC(C)C)NC(=O)C(CC(=O)O)NC(=O)C(N)CCCN=C(N)N)C(=O)O. The number of carbonyl (C=O) groups is 5. The fourth-order valence-corrected chi connectivity index (χ4v) is 3.53. The van der Waals surface area contributed by atoms with Crippen molar-refractivity contribution in [1.29, 1.82) is 0 Å². The van der Waals surface area contributed by atoms with Crippen LogP contribution < -0.4 is 33.2 Å². The minimum atomic E-state index is -1.51. The van der Waals surface area contributed by atoms with Gasteiger partial charge in [-0.2, -0.15) is 11.8 Å². The Morgan fingerprint density at radius 1 is 0.889 bits per heavy atom. The van der Waals surface area contributed by atoms with Crippen molar-refractivity contribution < 1.29 is 34.2 Å². The van der Waals surface area contributed by atoms with E-state index in [9.17, 15) is 34.2 Å². The molecule has 0 aromatic rings. The summed E-state index contributed by atoms with van der Waals surface area (Å²) in [5, 5.41) is 25.8. The Labute approximate surface area is 214 Å². The molecule has 4 unspecified atom stereocenters. The van der Waals surface area contributed by atoms with E-state index in [1.807, 2.05) is 0 Å². The molecule has 0 heterocycles. The molecular formula is C21H39N7O7S. The third-order valence-electron chi connectivity index (χ3n) is 4.88. The number of guanidine groups is 1. The first kappa shape index (κ1) is 32.9. The van der Waals surface area contributed by atoms with Crippen LogP contribution in [0.5, 0.6) is 0 Å². The summed E-state index contributed by atoms with van der Waals surface area (Å²) in [6.07, 6.45) is 1.94. The number of hydrogen-bond acceptors (Lipinski definition) is 8. The first-order valence-electron chi connectivity index (χ1n) is 11.4. The molecule has 0 aromatic carbocycles. The van der Waals surface area contributed by atoms with Gasteiger partial charge in [0.15, 0.2) is 5.96 Å². The van der Waals surface area contributed by atoms with E-state index in [0.717, 1.165) is 0 Å². The highest BCUT2D eigenvalue weighted by Gasteiger charge is 2.31. The fraction of sp³-hybridized carbons (Fsp3) is 0.714.